The summed E-state index contributed by atoms with van der Waals surface area (Å²) in [7, 11) is 1.60. The molecule has 0 saturated heterocycles. The van der Waals surface area contributed by atoms with E-state index in [0.29, 0.717) is 23.2 Å². The van der Waals surface area contributed by atoms with Crippen LogP contribution in [0.25, 0.3) is 0 Å². The fourth-order valence-corrected chi connectivity index (χ4v) is 3.64. The lowest BCUT2D eigenvalue weighted by molar-refractivity contribution is -0.113. The summed E-state index contributed by atoms with van der Waals surface area (Å²) < 4.78 is 13.0. The second-order valence-corrected chi connectivity index (χ2v) is 7.79. The molecule has 1 aromatic heterocycles. The van der Waals surface area contributed by atoms with Gasteiger partial charge in [0, 0.05) is 12.2 Å². The zero-order valence-corrected chi connectivity index (χ0v) is 18.7. The number of ether oxygens (including phenoxy) is 2. The number of aryl methyl sites for hydroxylation is 1. The molecular formula is C23H26N4O3S. The highest BCUT2D eigenvalue weighted by Crippen LogP contribution is 2.23. The third kappa shape index (κ3) is 5.88. The van der Waals surface area contributed by atoms with Gasteiger partial charge in [-0.3, -0.25) is 9.36 Å². The maximum Gasteiger partial charge on any atom is 0.234 e. The monoisotopic (exact) mass is 438 g/mol. The Bertz CT molecular complexity index is 1050. The Morgan fingerprint density at radius 2 is 1.97 bits per heavy atom. The lowest BCUT2D eigenvalue weighted by Crippen LogP contribution is -2.15. The summed E-state index contributed by atoms with van der Waals surface area (Å²) >= 11 is 1.32. The van der Waals surface area contributed by atoms with Gasteiger partial charge in [-0.1, -0.05) is 30.0 Å². The van der Waals surface area contributed by atoms with E-state index in [1.54, 1.807) is 37.5 Å². The minimum absolute atomic E-state index is 0.128. The number of hydrogen-bond acceptors (Lipinski definition) is 6. The molecule has 7 nitrogen and oxygen atoms in total. The fraction of sp³-hybridized carbons (Fsp3) is 0.261. The van der Waals surface area contributed by atoms with Gasteiger partial charge in [0.05, 0.1) is 12.9 Å². The molecule has 3 aromatic rings. The van der Waals surface area contributed by atoms with Crippen LogP contribution >= 0.6 is 11.8 Å². The number of benzene rings is 2. The van der Waals surface area contributed by atoms with Crippen molar-refractivity contribution in [3.63, 3.8) is 0 Å². The Balaban J connectivity index is 1.61. The zero-order chi connectivity index (χ0) is 22.2. The molecule has 0 bridgehead atoms. The third-order valence-corrected chi connectivity index (χ3v) is 5.69. The average molecular weight is 439 g/mol. The number of amides is 1. The Labute approximate surface area is 186 Å². The summed E-state index contributed by atoms with van der Waals surface area (Å²) in [5.74, 6) is 2.32. The molecule has 0 atom stereocenters. The number of hydrogen-bond donors (Lipinski definition) is 1. The van der Waals surface area contributed by atoms with Crippen molar-refractivity contribution in [2.24, 2.45) is 0 Å². The van der Waals surface area contributed by atoms with Crippen LogP contribution in [0.3, 0.4) is 0 Å². The molecule has 0 radical (unpaired) electrons. The van der Waals surface area contributed by atoms with Gasteiger partial charge in [-0.05, 0) is 55.3 Å². The molecule has 1 amide bonds. The average Bonchev–Trinajstić information content (AvgIpc) is 3.15. The van der Waals surface area contributed by atoms with Crippen molar-refractivity contribution in [3.05, 3.63) is 72.1 Å². The first-order chi connectivity index (χ1) is 15.0. The van der Waals surface area contributed by atoms with E-state index in [2.05, 4.69) is 22.1 Å². The Kier molecular flexibility index (Phi) is 7.72. The number of nitrogens with zero attached hydrogens (tertiary/aromatic N) is 3. The maximum absolute atomic E-state index is 12.3. The minimum Gasteiger partial charge on any atom is -0.497 e. The van der Waals surface area contributed by atoms with Crippen LogP contribution in [0.2, 0.25) is 0 Å². The Hall–Kier alpha value is -3.26. The largest absolute Gasteiger partial charge is 0.497 e. The van der Waals surface area contributed by atoms with Crippen molar-refractivity contribution in [1.29, 1.82) is 0 Å². The molecule has 2 aromatic carbocycles. The van der Waals surface area contributed by atoms with E-state index in [-0.39, 0.29) is 18.3 Å². The van der Waals surface area contributed by atoms with Gasteiger partial charge in [-0.15, -0.1) is 16.8 Å². The van der Waals surface area contributed by atoms with E-state index < -0.39 is 0 Å². The highest BCUT2D eigenvalue weighted by molar-refractivity contribution is 7.99. The number of aromatic nitrogens is 3. The molecule has 0 saturated carbocycles. The predicted octanol–water partition coefficient (Wildman–Crippen LogP) is 4.40. The first-order valence-corrected chi connectivity index (χ1v) is 10.8. The van der Waals surface area contributed by atoms with Crippen molar-refractivity contribution in [1.82, 2.24) is 14.8 Å². The van der Waals surface area contributed by atoms with E-state index in [0.717, 1.165) is 17.1 Å². The molecule has 0 aliphatic rings. The van der Waals surface area contributed by atoms with E-state index in [9.17, 15) is 4.79 Å². The molecule has 3 rings (SSSR count). The van der Waals surface area contributed by atoms with Crippen LogP contribution in [0.5, 0.6) is 11.5 Å². The summed E-state index contributed by atoms with van der Waals surface area (Å²) in [5, 5.41) is 12.0. The molecule has 162 valence electrons. The van der Waals surface area contributed by atoms with Gasteiger partial charge in [0.25, 0.3) is 0 Å². The number of thioether (sulfide) groups is 1. The van der Waals surface area contributed by atoms with Gasteiger partial charge in [-0.25, -0.2) is 0 Å². The number of allylic oxidation sites excluding steroid dienone is 1. The SMILES string of the molecule is C=CCn1c(COc2cccc(C)c2C)nnc1SCC(=O)Nc1ccc(OC)cc1. The standard InChI is InChI=1S/C23H26N4O3S/c1-5-13-27-21(14-30-20-8-6-7-16(2)17(20)3)25-26-23(27)31-15-22(28)24-18-9-11-19(29-4)12-10-18/h5-12H,1,13-15H2,2-4H3,(H,24,28). The second-order valence-electron chi connectivity index (χ2n) is 6.85. The lowest BCUT2D eigenvalue weighted by atomic mass is 10.1. The van der Waals surface area contributed by atoms with Gasteiger partial charge >= 0.3 is 0 Å². The van der Waals surface area contributed by atoms with Gasteiger partial charge in [0.1, 0.15) is 18.1 Å². The summed E-state index contributed by atoms with van der Waals surface area (Å²) in [6.45, 7) is 8.70. The highest BCUT2D eigenvalue weighted by atomic mass is 32.2. The normalized spacial score (nSPS) is 10.5. The van der Waals surface area contributed by atoms with Crippen molar-refractivity contribution < 1.29 is 14.3 Å². The molecular weight excluding hydrogens is 412 g/mol. The van der Waals surface area contributed by atoms with Crippen molar-refractivity contribution in [3.8, 4) is 11.5 Å². The number of anilines is 1. The topological polar surface area (TPSA) is 78.3 Å². The van der Waals surface area contributed by atoms with Gasteiger partial charge in [0.15, 0.2) is 11.0 Å². The van der Waals surface area contributed by atoms with E-state index in [4.69, 9.17) is 9.47 Å². The zero-order valence-electron chi connectivity index (χ0n) is 17.9. The summed E-state index contributed by atoms with van der Waals surface area (Å²) in [6.07, 6.45) is 1.77. The molecule has 1 heterocycles. The Morgan fingerprint density at radius 1 is 1.19 bits per heavy atom. The smallest absolute Gasteiger partial charge is 0.234 e. The molecule has 0 unspecified atom stereocenters. The van der Waals surface area contributed by atoms with Crippen LogP contribution in [-0.4, -0.2) is 33.5 Å². The summed E-state index contributed by atoms with van der Waals surface area (Å²) in [5.41, 5.74) is 2.98. The molecule has 31 heavy (non-hydrogen) atoms. The third-order valence-electron chi connectivity index (χ3n) is 4.72. The predicted molar refractivity (Wildman–Crippen MR) is 123 cm³/mol. The second kappa shape index (κ2) is 10.7. The van der Waals surface area contributed by atoms with Gasteiger partial charge < -0.3 is 14.8 Å². The molecule has 0 aliphatic carbocycles. The number of methoxy groups -OCH3 is 1. The number of carbonyl (C=O) groups is 1. The summed E-state index contributed by atoms with van der Waals surface area (Å²) in [4.78, 5) is 12.3. The van der Waals surface area contributed by atoms with Crippen LogP contribution in [0, 0.1) is 13.8 Å². The minimum atomic E-state index is -0.128. The molecule has 8 heteroatoms. The van der Waals surface area contributed by atoms with Gasteiger partial charge in [0.2, 0.25) is 5.91 Å². The van der Waals surface area contributed by atoms with Crippen molar-refractivity contribution >= 4 is 23.4 Å². The molecule has 0 spiro atoms. The highest BCUT2D eigenvalue weighted by Gasteiger charge is 2.15. The lowest BCUT2D eigenvalue weighted by Gasteiger charge is -2.12. The number of carbonyl (C=O) groups excluding carboxylic acids is 1. The number of rotatable bonds is 10. The fourth-order valence-electron chi connectivity index (χ4n) is 2.87. The van der Waals surface area contributed by atoms with Crippen LogP contribution in [-0.2, 0) is 17.9 Å². The number of nitrogens with one attached hydrogen (secondary N) is 1. The summed E-state index contributed by atoms with van der Waals surface area (Å²) in [6, 6.07) is 13.1. The van der Waals surface area contributed by atoms with Gasteiger partial charge in [-0.2, -0.15) is 0 Å². The maximum atomic E-state index is 12.3. The molecule has 0 fully saturated rings. The first-order valence-electron chi connectivity index (χ1n) is 9.80. The van der Waals surface area contributed by atoms with Crippen LogP contribution in [0.15, 0.2) is 60.3 Å². The van der Waals surface area contributed by atoms with Crippen LogP contribution in [0.1, 0.15) is 17.0 Å². The first kappa shape index (κ1) is 22.4. The van der Waals surface area contributed by atoms with Crippen LogP contribution in [0.4, 0.5) is 5.69 Å². The van der Waals surface area contributed by atoms with E-state index in [1.807, 2.05) is 36.6 Å². The van der Waals surface area contributed by atoms with Crippen LogP contribution < -0.4 is 14.8 Å². The Morgan fingerprint density at radius 3 is 2.68 bits per heavy atom. The van der Waals surface area contributed by atoms with E-state index in [1.165, 1.54) is 17.3 Å². The molecule has 0 aliphatic heterocycles. The van der Waals surface area contributed by atoms with Crippen molar-refractivity contribution in [2.75, 3.05) is 18.2 Å². The quantitative estimate of drug-likeness (QED) is 0.373. The molecule has 1 N–H and O–H groups in total. The van der Waals surface area contributed by atoms with Crippen molar-refractivity contribution in [2.45, 2.75) is 32.2 Å². The van der Waals surface area contributed by atoms with E-state index >= 15 is 0 Å².